The van der Waals surface area contributed by atoms with Crippen LogP contribution in [0.5, 0.6) is 0 Å². The van der Waals surface area contributed by atoms with E-state index in [1.807, 2.05) is 13.1 Å². The summed E-state index contributed by atoms with van der Waals surface area (Å²) in [6.45, 7) is 2.15. The molecule has 0 radical (unpaired) electrons. The maximum Gasteiger partial charge on any atom is 0.335 e. The lowest BCUT2D eigenvalue weighted by Gasteiger charge is -2.25. The fourth-order valence-electron chi connectivity index (χ4n) is 2.94. The molecule has 1 aliphatic carbocycles. The molecule has 3 rings (SSSR count). The molecule has 126 valence electrons. The fraction of sp³-hybridized carbons (Fsp3) is 0.333. The second kappa shape index (κ2) is 6.42. The van der Waals surface area contributed by atoms with Crippen LogP contribution in [0, 0.1) is 0 Å². The highest BCUT2D eigenvalue weighted by molar-refractivity contribution is 6.32. The van der Waals surface area contributed by atoms with Gasteiger partial charge in [0.05, 0.1) is 17.4 Å². The van der Waals surface area contributed by atoms with Gasteiger partial charge in [-0.3, -0.25) is 0 Å². The summed E-state index contributed by atoms with van der Waals surface area (Å²) < 4.78 is 0. The van der Waals surface area contributed by atoms with Crippen molar-refractivity contribution in [3.8, 4) is 11.1 Å². The topological polar surface area (TPSA) is 74.2 Å². The first-order valence-electron chi connectivity index (χ1n) is 7.90. The van der Waals surface area contributed by atoms with Crippen molar-refractivity contribution >= 4 is 23.3 Å². The molecule has 1 saturated carbocycles. The highest BCUT2D eigenvalue weighted by Gasteiger charge is 2.46. The van der Waals surface area contributed by atoms with Gasteiger partial charge >= 0.3 is 5.97 Å². The molecule has 0 saturated heterocycles. The van der Waals surface area contributed by atoms with E-state index < -0.39 is 5.97 Å². The lowest BCUT2D eigenvalue weighted by Crippen LogP contribution is -2.42. The van der Waals surface area contributed by atoms with Gasteiger partial charge in [-0.05, 0) is 50.6 Å². The maximum atomic E-state index is 11.0. The van der Waals surface area contributed by atoms with E-state index in [1.54, 1.807) is 30.5 Å². The van der Waals surface area contributed by atoms with Crippen molar-refractivity contribution in [3.05, 3.63) is 47.2 Å². The van der Waals surface area contributed by atoms with Gasteiger partial charge in [-0.1, -0.05) is 23.7 Å². The van der Waals surface area contributed by atoms with Gasteiger partial charge < -0.3 is 15.7 Å². The Morgan fingerprint density at radius 1 is 1.33 bits per heavy atom. The van der Waals surface area contributed by atoms with Gasteiger partial charge in [0, 0.05) is 17.1 Å². The van der Waals surface area contributed by atoms with E-state index in [4.69, 9.17) is 16.7 Å². The van der Waals surface area contributed by atoms with Gasteiger partial charge in [-0.15, -0.1) is 0 Å². The zero-order valence-corrected chi connectivity index (χ0v) is 14.4. The third-order valence-electron chi connectivity index (χ3n) is 4.78. The van der Waals surface area contributed by atoms with Crippen molar-refractivity contribution in [2.24, 2.45) is 0 Å². The van der Waals surface area contributed by atoms with Gasteiger partial charge in [0.15, 0.2) is 0 Å². The van der Waals surface area contributed by atoms with Crippen molar-refractivity contribution in [2.45, 2.75) is 31.3 Å². The van der Waals surface area contributed by atoms with Crippen LogP contribution in [0.1, 0.15) is 30.1 Å². The number of aromatic carboxylic acids is 1. The summed E-state index contributed by atoms with van der Waals surface area (Å²) in [6.07, 6.45) is 4.03. The standard InChI is InChI=1S/C18H20ClN3O2/c1-11(18(20-2)7-8-18)22-14-9-15(16(19)21-10-14)12-3-5-13(6-4-12)17(23)24/h3-6,9-11,20,22H,7-8H2,1-2H3,(H,23,24). The van der Waals surface area contributed by atoms with Crippen LogP contribution in [-0.4, -0.2) is 34.7 Å². The number of benzene rings is 1. The summed E-state index contributed by atoms with van der Waals surface area (Å²) in [7, 11) is 1.99. The number of carboxylic acid groups (broad SMARTS) is 1. The monoisotopic (exact) mass is 345 g/mol. The zero-order valence-electron chi connectivity index (χ0n) is 13.6. The van der Waals surface area contributed by atoms with Crippen LogP contribution in [0.2, 0.25) is 5.15 Å². The van der Waals surface area contributed by atoms with Gasteiger partial charge in [0.25, 0.3) is 0 Å². The molecular weight excluding hydrogens is 326 g/mol. The summed E-state index contributed by atoms with van der Waals surface area (Å²) in [6, 6.07) is 8.85. The Labute approximate surface area is 146 Å². The molecular formula is C18H20ClN3O2. The van der Waals surface area contributed by atoms with E-state index in [1.165, 1.54) is 0 Å². The summed E-state index contributed by atoms with van der Waals surface area (Å²) in [4.78, 5) is 15.2. The second-order valence-electron chi connectivity index (χ2n) is 6.22. The molecule has 1 fully saturated rings. The van der Waals surface area contributed by atoms with Crippen LogP contribution in [0.3, 0.4) is 0 Å². The summed E-state index contributed by atoms with van der Waals surface area (Å²) in [5.41, 5.74) is 2.91. The largest absolute Gasteiger partial charge is 0.478 e. The smallest absolute Gasteiger partial charge is 0.335 e. The van der Waals surface area contributed by atoms with E-state index in [0.717, 1.165) is 29.7 Å². The molecule has 1 aliphatic rings. The van der Waals surface area contributed by atoms with Crippen LogP contribution in [0.4, 0.5) is 5.69 Å². The molecule has 1 aromatic carbocycles. The SMILES string of the molecule is CNC1(C(C)Nc2cnc(Cl)c(-c3ccc(C(=O)O)cc3)c2)CC1. The first-order valence-corrected chi connectivity index (χ1v) is 8.28. The lowest BCUT2D eigenvalue weighted by molar-refractivity contribution is 0.0697. The number of rotatable bonds is 6. The minimum Gasteiger partial charge on any atom is -0.478 e. The number of likely N-dealkylation sites (N-methyl/N-ethyl adjacent to an activating group) is 1. The third kappa shape index (κ3) is 3.23. The van der Waals surface area contributed by atoms with Gasteiger partial charge in [0.1, 0.15) is 5.15 Å². The Kier molecular flexibility index (Phi) is 4.47. The predicted molar refractivity (Wildman–Crippen MR) is 95.8 cm³/mol. The number of hydrogen-bond donors (Lipinski definition) is 3. The number of hydrogen-bond acceptors (Lipinski definition) is 4. The van der Waals surface area contributed by atoms with Crippen molar-refractivity contribution in [1.82, 2.24) is 10.3 Å². The molecule has 1 unspecified atom stereocenters. The molecule has 1 atom stereocenters. The first kappa shape index (κ1) is 16.7. The maximum absolute atomic E-state index is 11.0. The molecule has 3 N–H and O–H groups in total. The second-order valence-corrected chi connectivity index (χ2v) is 6.58. The molecule has 5 nitrogen and oxygen atoms in total. The molecule has 0 amide bonds. The Bertz CT molecular complexity index is 757. The predicted octanol–water partition coefficient (Wildman–Crippen LogP) is 3.65. The van der Waals surface area contributed by atoms with Gasteiger partial charge in [-0.2, -0.15) is 0 Å². The number of aromatic nitrogens is 1. The van der Waals surface area contributed by atoms with E-state index >= 15 is 0 Å². The fourth-order valence-corrected chi connectivity index (χ4v) is 3.16. The minimum absolute atomic E-state index is 0.156. The normalized spacial score (nSPS) is 16.5. The van der Waals surface area contributed by atoms with Crippen LogP contribution in [0.15, 0.2) is 36.5 Å². The lowest BCUT2D eigenvalue weighted by atomic mass is 10.0. The zero-order chi connectivity index (χ0) is 17.3. The van der Waals surface area contributed by atoms with Crippen molar-refractivity contribution in [2.75, 3.05) is 12.4 Å². The van der Waals surface area contributed by atoms with Crippen molar-refractivity contribution in [3.63, 3.8) is 0 Å². The molecule has 0 spiro atoms. The summed E-state index contributed by atoms with van der Waals surface area (Å²) >= 11 is 6.23. The molecule has 6 heteroatoms. The number of carbonyl (C=O) groups is 1. The molecule has 1 heterocycles. The van der Waals surface area contributed by atoms with Crippen LogP contribution in [-0.2, 0) is 0 Å². The molecule has 2 aromatic rings. The number of anilines is 1. The Balaban J connectivity index is 1.85. The quantitative estimate of drug-likeness (QED) is 0.697. The molecule has 24 heavy (non-hydrogen) atoms. The van der Waals surface area contributed by atoms with Gasteiger partial charge in [0.2, 0.25) is 0 Å². The highest BCUT2D eigenvalue weighted by atomic mass is 35.5. The van der Waals surface area contributed by atoms with E-state index in [2.05, 4.69) is 22.5 Å². The van der Waals surface area contributed by atoms with E-state index in [0.29, 0.717) is 5.15 Å². The number of nitrogens with one attached hydrogen (secondary N) is 2. The van der Waals surface area contributed by atoms with Crippen LogP contribution < -0.4 is 10.6 Å². The average molecular weight is 346 g/mol. The first-order chi connectivity index (χ1) is 11.4. The Morgan fingerprint density at radius 3 is 2.54 bits per heavy atom. The van der Waals surface area contributed by atoms with E-state index in [-0.39, 0.29) is 17.1 Å². The van der Waals surface area contributed by atoms with Crippen LogP contribution in [0.25, 0.3) is 11.1 Å². The summed E-state index contributed by atoms with van der Waals surface area (Å²) in [5.74, 6) is -0.947. The molecule has 1 aromatic heterocycles. The van der Waals surface area contributed by atoms with Crippen molar-refractivity contribution in [1.29, 1.82) is 0 Å². The summed E-state index contributed by atoms with van der Waals surface area (Å²) in [5, 5.41) is 16.3. The minimum atomic E-state index is -0.947. The van der Waals surface area contributed by atoms with E-state index in [9.17, 15) is 4.79 Å². The molecule has 0 bridgehead atoms. The number of nitrogens with zero attached hydrogens (tertiary/aromatic N) is 1. The number of halogens is 1. The Morgan fingerprint density at radius 2 is 2.00 bits per heavy atom. The highest BCUT2D eigenvalue weighted by Crippen LogP contribution is 2.39. The average Bonchev–Trinajstić information content (AvgIpc) is 3.38. The third-order valence-corrected chi connectivity index (χ3v) is 5.08. The number of pyridine rings is 1. The van der Waals surface area contributed by atoms with Gasteiger partial charge in [-0.25, -0.2) is 9.78 Å². The molecule has 0 aliphatic heterocycles. The number of carboxylic acids is 1. The Hall–Kier alpha value is -2.11. The van der Waals surface area contributed by atoms with Crippen LogP contribution >= 0.6 is 11.6 Å². The van der Waals surface area contributed by atoms with Crippen molar-refractivity contribution < 1.29 is 9.90 Å².